The molecule has 5 nitrogen and oxygen atoms in total. The molecule has 19 heavy (non-hydrogen) atoms. The minimum Gasteiger partial charge on any atom is -0.454 e. The number of likely N-dealkylation sites (N-methyl/N-ethyl adjacent to an activating group) is 1. The number of carbonyl (C=O) groups excluding carboxylic acids is 1. The topological polar surface area (TPSA) is 57.5 Å². The third kappa shape index (κ3) is 4.77. The monoisotopic (exact) mass is 377 g/mol. The average molecular weight is 377 g/mol. The molecule has 1 amide bonds. The number of furan rings is 1. The Labute approximate surface area is 127 Å². The smallest absolute Gasteiger partial charge is 0.233 e. The van der Waals surface area contributed by atoms with Gasteiger partial charge in [0, 0.05) is 26.2 Å². The van der Waals surface area contributed by atoms with Crippen LogP contribution in [0.15, 0.2) is 16.5 Å². The summed E-state index contributed by atoms with van der Waals surface area (Å²) in [6, 6.07) is 4.50. The summed E-state index contributed by atoms with van der Waals surface area (Å²) >= 11 is 2.17. The van der Waals surface area contributed by atoms with E-state index in [1.165, 1.54) is 0 Å². The van der Waals surface area contributed by atoms with Crippen LogP contribution >= 0.6 is 22.6 Å². The zero-order valence-electron chi connectivity index (χ0n) is 11.1. The molecular formula is C13H20IN3O2. The summed E-state index contributed by atoms with van der Waals surface area (Å²) in [6.45, 7) is 3.24. The Hall–Kier alpha value is -0.600. The maximum atomic E-state index is 11.3. The summed E-state index contributed by atoms with van der Waals surface area (Å²) in [4.78, 5) is 13.5. The van der Waals surface area contributed by atoms with E-state index < -0.39 is 0 Å². The van der Waals surface area contributed by atoms with Gasteiger partial charge >= 0.3 is 0 Å². The van der Waals surface area contributed by atoms with Gasteiger partial charge < -0.3 is 15.1 Å². The largest absolute Gasteiger partial charge is 0.454 e. The lowest BCUT2D eigenvalue weighted by Gasteiger charge is -2.31. The van der Waals surface area contributed by atoms with Crippen molar-refractivity contribution in [2.75, 3.05) is 26.7 Å². The van der Waals surface area contributed by atoms with Crippen molar-refractivity contribution in [3.63, 3.8) is 0 Å². The van der Waals surface area contributed by atoms with E-state index in [9.17, 15) is 4.79 Å². The highest BCUT2D eigenvalue weighted by atomic mass is 127. The fourth-order valence-electron chi connectivity index (χ4n) is 2.27. The van der Waals surface area contributed by atoms with Crippen LogP contribution in [0, 0.1) is 3.77 Å². The summed E-state index contributed by atoms with van der Waals surface area (Å²) in [5, 5.41) is 6.18. The average Bonchev–Trinajstić information content (AvgIpc) is 2.83. The van der Waals surface area contributed by atoms with Gasteiger partial charge in [-0.1, -0.05) is 0 Å². The van der Waals surface area contributed by atoms with Gasteiger partial charge in [-0.3, -0.25) is 9.69 Å². The van der Waals surface area contributed by atoms with Crippen LogP contribution in [-0.4, -0.2) is 43.5 Å². The lowest BCUT2D eigenvalue weighted by atomic mass is 10.1. The molecule has 1 saturated heterocycles. The molecule has 2 rings (SSSR count). The highest BCUT2D eigenvalue weighted by molar-refractivity contribution is 14.1. The SMILES string of the molecule is CNC(=O)CN1CCC(NCc2ccc(I)o2)CC1. The number of likely N-dealkylation sites (tertiary alicyclic amines) is 1. The quantitative estimate of drug-likeness (QED) is 0.757. The standard InChI is InChI=1S/C13H20IN3O2/c1-15-13(18)9-17-6-4-10(5-7-17)16-8-11-2-3-12(14)19-11/h2-3,10,16H,4-9H2,1H3,(H,15,18). The first-order chi connectivity index (χ1) is 9.17. The van der Waals surface area contributed by atoms with Crippen molar-refractivity contribution in [2.45, 2.75) is 25.4 Å². The lowest BCUT2D eigenvalue weighted by Crippen LogP contribution is -2.45. The zero-order chi connectivity index (χ0) is 13.7. The van der Waals surface area contributed by atoms with Gasteiger partial charge in [-0.15, -0.1) is 0 Å². The van der Waals surface area contributed by atoms with Crippen molar-refractivity contribution in [2.24, 2.45) is 0 Å². The van der Waals surface area contributed by atoms with Gasteiger partial charge in [0.1, 0.15) is 5.76 Å². The molecule has 1 aromatic rings. The minimum absolute atomic E-state index is 0.0940. The van der Waals surface area contributed by atoms with Crippen molar-refractivity contribution in [3.05, 3.63) is 21.7 Å². The van der Waals surface area contributed by atoms with E-state index in [1.807, 2.05) is 12.1 Å². The molecule has 0 radical (unpaired) electrons. The zero-order valence-corrected chi connectivity index (χ0v) is 13.3. The summed E-state index contributed by atoms with van der Waals surface area (Å²) in [7, 11) is 1.68. The second-order valence-corrected chi connectivity index (χ2v) is 5.87. The Bertz CT molecular complexity index is 414. The van der Waals surface area contributed by atoms with Crippen molar-refractivity contribution < 1.29 is 9.21 Å². The second-order valence-electron chi connectivity index (χ2n) is 4.81. The minimum atomic E-state index is 0.0940. The molecule has 0 spiro atoms. The Morgan fingerprint density at radius 2 is 2.21 bits per heavy atom. The predicted octanol–water partition coefficient (Wildman–Crippen LogP) is 1.18. The van der Waals surface area contributed by atoms with E-state index >= 15 is 0 Å². The summed E-state index contributed by atoms with van der Waals surface area (Å²) < 4.78 is 6.45. The fourth-order valence-corrected chi connectivity index (χ4v) is 2.73. The Balaban J connectivity index is 1.67. The Morgan fingerprint density at radius 3 is 2.79 bits per heavy atom. The van der Waals surface area contributed by atoms with Crippen molar-refractivity contribution >= 4 is 28.5 Å². The fraction of sp³-hybridized carbons (Fsp3) is 0.615. The van der Waals surface area contributed by atoms with Crippen LogP contribution in [-0.2, 0) is 11.3 Å². The molecule has 0 bridgehead atoms. The highest BCUT2D eigenvalue weighted by Crippen LogP contribution is 2.13. The van der Waals surface area contributed by atoms with Gasteiger partial charge in [0.25, 0.3) is 0 Å². The van der Waals surface area contributed by atoms with E-state index in [0.29, 0.717) is 12.6 Å². The van der Waals surface area contributed by atoms with Gasteiger partial charge in [-0.05, 0) is 47.6 Å². The summed E-state index contributed by atoms with van der Waals surface area (Å²) in [5.74, 6) is 1.08. The molecule has 0 aromatic carbocycles. The molecular weight excluding hydrogens is 357 g/mol. The molecule has 2 heterocycles. The predicted molar refractivity (Wildman–Crippen MR) is 81.8 cm³/mol. The molecule has 0 unspecified atom stereocenters. The number of amides is 1. The molecule has 106 valence electrons. The normalized spacial score (nSPS) is 17.6. The van der Waals surface area contributed by atoms with Gasteiger partial charge in [-0.2, -0.15) is 0 Å². The molecule has 0 atom stereocenters. The number of carbonyl (C=O) groups is 1. The number of piperidine rings is 1. The Kier molecular flexibility index (Phi) is 5.65. The van der Waals surface area contributed by atoms with Crippen LogP contribution in [0.2, 0.25) is 0 Å². The molecule has 2 N–H and O–H groups in total. The molecule has 1 fully saturated rings. The number of rotatable bonds is 5. The number of hydrogen-bond acceptors (Lipinski definition) is 4. The van der Waals surface area contributed by atoms with E-state index in [-0.39, 0.29) is 5.91 Å². The first kappa shape index (κ1) is 14.8. The Morgan fingerprint density at radius 1 is 1.47 bits per heavy atom. The molecule has 0 aliphatic carbocycles. The van der Waals surface area contributed by atoms with Crippen LogP contribution in [0.5, 0.6) is 0 Å². The van der Waals surface area contributed by atoms with Crippen LogP contribution in [0.1, 0.15) is 18.6 Å². The number of nitrogens with one attached hydrogen (secondary N) is 2. The number of halogens is 1. The summed E-state index contributed by atoms with van der Waals surface area (Å²) in [6.07, 6.45) is 2.16. The first-order valence-electron chi connectivity index (χ1n) is 6.58. The van der Waals surface area contributed by atoms with Gasteiger partial charge in [0.15, 0.2) is 3.77 Å². The lowest BCUT2D eigenvalue weighted by molar-refractivity contribution is -0.122. The van der Waals surface area contributed by atoms with E-state index in [0.717, 1.165) is 42.0 Å². The van der Waals surface area contributed by atoms with Crippen LogP contribution in [0.25, 0.3) is 0 Å². The maximum Gasteiger partial charge on any atom is 0.233 e. The molecule has 1 aliphatic rings. The first-order valence-corrected chi connectivity index (χ1v) is 7.66. The van der Waals surface area contributed by atoms with Gasteiger partial charge in [0.05, 0.1) is 13.1 Å². The van der Waals surface area contributed by atoms with Crippen LogP contribution < -0.4 is 10.6 Å². The van der Waals surface area contributed by atoms with Crippen LogP contribution in [0.4, 0.5) is 0 Å². The molecule has 1 aromatic heterocycles. The van der Waals surface area contributed by atoms with E-state index in [2.05, 4.69) is 38.1 Å². The second kappa shape index (κ2) is 7.25. The summed E-state index contributed by atoms with van der Waals surface area (Å²) in [5.41, 5.74) is 0. The number of hydrogen-bond donors (Lipinski definition) is 2. The van der Waals surface area contributed by atoms with E-state index in [1.54, 1.807) is 7.05 Å². The van der Waals surface area contributed by atoms with Crippen molar-refractivity contribution in [1.82, 2.24) is 15.5 Å². The molecule has 6 heteroatoms. The van der Waals surface area contributed by atoms with Crippen LogP contribution in [0.3, 0.4) is 0 Å². The maximum absolute atomic E-state index is 11.3. The van der Waals surface area contributed by atoms with Gasteiger partial charge in [0.2, 0.25) is 5.91 Å². The highest BCUT2D eigenvalue weighted by Gasteiger charge is 2.20. The molecule has 1 aliphatic heterocycles. The molecule has 0 saturated carbocycles. The van der Waals surface area contributed by atoms with E-state index in [4.69, 9.17) is 4.42 Å². The third-order valence-electron chi connectivity index (χ3n) is 3.43. The number of nitrogens with zero attached hydrogens (tertiary/aromatic N) is 1. The van der Waals surface area contributed by atoms with Gasteiger partial charge in [-0.25, -0.2) is 0 Å². The third-order valence-corrected chi connectivity index (χ3v) is 4.01. The van der Waals surface area contributed by atoms with Crippen molar-refractivity contribution in [3.8, 4) is 0 Å². The van der Waals surface area contributed by atoms with Crippen molar-refractivity contribution in [1.29, 1.82) is 0 Å².